The first-order valence-electron chi connectivity index (χ1n) is 11.1. The molecule has 3 N–H and O–H groups in total. The minimum atomic E-state index is -1.95. The third kappa shape index (κ3) is 6.70. The van der Waals surface area contributed by atoms with Crippen molar-refractivity contribution in [1.82, 2.24) is 16.0 Å². The summed E-state index contributed by atoms with van der Waals surface area (Å²) in [6.45, 7) is 4.62. The summed E-state index contributed by atoms with van der Waals surface area (Å²) < 4.78 is 21.7. The van der Waals surface area contributed by atoms with Gasteiger partial charge in [-0.15, -0.1) is 0 Å². The molecular weight excluding hydrogens is 458 g/mol. The Labute approximate surface area is 202 Å². The van der Waals surface area contributed by atoms with Crippen LogP contribution < -0.4 is 25.4 Å². The molecule has 0 aromatic heterocycles. The number of imide groups is 2. The quantitative estimate of drug-likeness (QED) is 0.326. The van der Waals surface area contributed by atoms with E-state index in [2.05, 4.69) is 16.0 Å². The van der Waals surface area contributed by atoms with Crippen molar-refractivity contribution in [2.45, 2.75) is 32.4 Å². The molecule has 0 saturated carbocycles. The van der Waals surface area contributed by atoms with E-state index in [1.165, 1.54) is 0 Å². The summed E-state index contributed by atoms with van der Waals surface area (Å²) in [7, 11) is 0. The number of barbiturate groups is 1. The maximum atomic E-state index is 12.6. The first-order chi connectivity index (χ1) is 16.9. The summed E-state index contributed by atoms with van der Waals surface area (Å²) in [6.07, 6.45) is -0.564. The Balaban J connectivity index is 1.64. The fourth-order valence-electron chi connectivity index (χ4n) is 3.22. The second-order valence-corrected chi connectivity index (χ2v) is 7.40. The number of nitrogens with one attached hydrogen (secondary N) is 3. The number of amides is 5. The van der Waals surface area contributed by atoms with Gasteiger partial charge in [0.25, 0.3) is 17.4 Å². The molecule has 1 heterocycles. The smallest absolute Gasteiger partial charge is 0.407 e. The van der Waals surface area contributed by atoms with Crippen molar-refractivity contribution in [3.8, 4) is 17.2 Å². The van der Waals surface area contributed by atoms with Crippen molar-refractivity contribution in [3.05, 3.63) is 54.1 Å². The minimum Gasteiger partial charge on any atom is -0.467 e. The van der Waals surface area contributed by atoms with Crippen LogP contribution in [-0.4, -0.2) is 49.4 Å². The van der Waals surface area contributed by atoms with Gasteiger partial charge in [-0.05, 0) is 55.8 Å². The maximum absolute atomic E-state index is 12.6. The lowest BCUT2D eigenvalue weighted by Gasteiger charge is -2.34. The molecule has 0 bridgehead atoms. The van der Waals surface area contributed by atoms with E-state index in [1.807, 2.05) is 12.1 Å². The van der Waals surface area contributed by atoms with Crippen LogP contribution in [0.3, 0.4) is 0 Å². The first kappa shape index (κ1) is 25.5. The van der Waals surface area contributed by atoms with E-state index in [0.717, 1.165) is 5.56 Å². The zero-order valence-corrected chi connectivity index (χ0v) is 19.4. The molecule has 35 heavy (non-hydrogen) atoms. The molecule has 0 radical (unpaired) electrons. The van der Waals surface area contributed by atoms with Gasteiger partial charge in [0.05, 0.1) is 13.2 Å². The molecular formula is C24H27N3O8. The third-order valence-electron chi connectivity index (χ3n) is 4.98. The van der Waals surface area contributed by atoms with Crippen LogP contribution in [0.1, 0.15) is 25.8 Å². The zero-order chi connectivity index (χ0) is 25.3. The minimum absolute atomic E-state index is 0.0814. The van der Waals surface area contributed by atoms with Gasteiger partial charge in [0, 0.05) is 19.6 Å². The van der Waals surface area contributed by atoms with E-state index < -0.39 is 29.5 Å². The number of urea groups is 1. The lowest BCUT2D eigenvalue weighted by Crippen LogP contribution is -2.69. The lowest BCUT2D eigenvalue weighted by molar-refractivity contribution is -0.153. The predicted octanol–water partition coefficient (Wildman–Crippen LogP) is 2.64. The summed E-state index contributed by atoms with van der Waals surface area (Å²) >= 11 is 0. The van der Waals surface area contributed by atoms with Crippen LogP contribution in [-0.2, 0) is 25.6 Å². The van der Waals surface area contributed by atoms with Crippen molar-refractivity contribution < 1.29 is 38.1 Å². The van der Waals surface area contributed by atoms with Crippen LogP contribution in [0.15, 0.2) is 48.5 Å². The lowest BCUT2D eigenvalue weighted by atomic mass is 9.95. The number of hydrogen-bond donors (Lipinski definition) is 3. The van der Waals surface area contributed by atoms with Gasteiger partial charge in [-0.2, -0.15) is 0 Å². The Morgan fingerprint density at radius 1 is 0.857 bits per heavy atom. The SMILES string of the molecule is CCOCCC1(Oc2ccc(Oc3ccc(CNC(=O)OCC)cc3)cc2)C(=O)NC(=O)NC1=O. The van der Waals surface area contributed by atoms with Crippen molar-refractivity contribution in [2.24, 2.45) is 0 Å². The normalized spacial score (nSPS) is 14.5. The molecule has 11 heteroatoms. The number of alkyl carbamates (subject to hydrolysis) is 1. The van der Waals surface area contributed by atoms with Crippen molar-refractivity contribution in [1.29, 1.82) is 0 Å². The second kappa shape index (κ2) is 11.8. The average molecular weight is 485 g/mol. The Bertz CT molecular complexity index is 1030. The highest BCUT2D eigenvalue weighted by Crippen LogP contribution is 2.28. The van der Waals surface area contributed by atoms with E-state index in [0.29, 0.717) is 31.3 Å². The summed E-state index contributed by atoms with van der Waals surface area (Å²) in [4.78, 5) is 48.0. The molecule has 2 aromatic carbocycles. The van der Waals surface area contributed by atoms with Gasteiger partial charge in [-0.3, -0.25) is 20.2 Å². The molecule has 0 atom stereocenters. The molecule has 1 aliphatic rings. The Hall–Kier alpha value is -4.12. The van der Waals surface area contributed by atoms with Crippen LogP contribution in [0.5, 0.6) is 17.2 Å². The number of rotatable bonds is 11. The Morgan fingerprint density at radius 3 is 2.00 bits per heavy atom. The molecule has 1 fully saturated rings. The standard InChI is InChI=1S/C24H27N3O8/c1-3-32-14-13-24(20(28)26-22(30)27-21(24)29)35-19-11-9-18(10-12-19)34-17-7-5-16(6-8-17)15-25-23(31)33-4-2/h5-12H,3-4,13-15H2,1-2H3,(H,25,31)(H2,26,27,28,29,30). The number of carbonyl (C=O) groups is 4. The van der Waals surface area contributed by atoms with E-state index >= 15 is 0 Å². The van der Waals surface area contributed by atoms with E-state index in [-0.39, 0.29) is 18.8 Å². The van der Waals surface area contributed by atoms with Crippen molar-refractivity contribution in [3.63, 3.8) is 0 Å². The fourth-order valence-corrected chi connectivity index (χ4v) is 3.22. The van der Waals surface area contributed by atoms with Gasteiger partial charge >= 0.3 is 12.1 Å². The fraction of sp³-hybridized carbons (Fsp3) is 0.333. The highest BCUT2D eigenvalue weighted by atomic mass is 16.5. The molecule has 5 amide bonds. The monoisotopic (exact) mass is 485 g/mol. The highest BCUT2D eigenvalue weighted by Gasteiger charge is 2.52. The van der Waals surface area contributed by atoms with E-state index in [1.54, 1.807) is 50.2 Å². The van der Waals surface area contributed by atoms with Crippen LogP contribution in [0.2, 0.25) is 0 Å². The molecule has 0 aliphatic carbocycles. The van der Waals surface area contributed by atoms with Crippen LogP contribution in [0.25, 0.3) is 0 Å². The van der Waals surface area contributed by atoms with Gasteiger partial charge in [0.15, 0.2) is 0 Å². The van der Waals surface area contributed by atoms with Gasteiger partial charge in [-0.1, -0.05) is 12.1 Å². The number of benzene rings is 2. The second-order valence-electron chi connectivity index (χ2n) is 7.40. The molecule has 0 spiro atoms. The molecule has 3 rings (SSSR count). The van der Waals surface area contributed by atoms with E-state index in [9.17, 15) is 19.2 Å². The molecule has 2 aromatic rings. The Kier molecular flexibility index (Phi) is 8.63. The van der Waals surface area contributed by atoms with Gasteiger partial charge in [-0.25, -0.2) is 9.59 Å². The van der Waals surface area contributed by atoms with Crippen molar-refractivity contribution in [2.75, 3.05) is 19.8 Å². The summed E-state index contributed by atoms with van der Waals surface area (Å²) in [5.41, 5.74) is -1.08. The third-order valence-corrected chi connectivity index (χ3v) is 4.98. The predicted molar refractivity (Wildman–Crippen MR) is 123 cm³/mol. The number of ether oxygens (including phenoxy) is 4. The van der Waals surface area contributed by atoms with E-state index in [4.69, 9.17) is 18.9 Å². The summed E-state index contributed by atoms with van der Waals surface area (Å²) in [5, 5.41) is 6.78. The molecule has 0 unspecified atom stereocenters. The summed E-state index contributed by atoms with van der Waals surface area (Å²) in [5.74, 6) is -0.427. The maximum Gasteiger partial charge on any atom is 0.407 e. The largest absolute Gasteiger partial charge is 0.467 e. The Morgan fingerprint density at radius 2 is 1.43 bits per heavy atom. The van der Waals surface area contributed by atoms with Gasteiger partial charge < -0.3 is 24.3 Å². The van der Waals surface area contributed by atoms with Crippen molar-refractivity contribution >= 4 is 23.9 Å². The van der Waals surface area contributed by atoms with Crippen LogP contribution in [0.4, 0.5) is 9.59 Å². The molecule has 186 valence electrons. The molecule has 1 aliphatic heterocycles. The summed E-state index contributed by atoms with van der Waals surface area (Å²) in [6, 6.07) is 12.6. The molecule has 1 saturated heterocycles. The molecule has 11 nitrogen and oxygen atoms in total. The van der Waals surface area contributed by atoms with Crippen LogP contribution >= 0.6 is 0 Å². The zero-order valence-electron chi connectivity index (χ0n) is 19.4. The average Bonchev–Trinajstić information content (AvgIpc) is 2.83. The highest BCUT2D eigenvalue weighted by molar-refractivity contribution is 6.21. The number of hydrogen-bond acceptors (Lipinski definition) is 8. The van der Waals surface area contributed by atoms with Gasteiger partial charge in [0.1, 0.15) is 17.2 Å². The number of carbonyl (C=O) groups excluding carboxylic acids is 4. The van der Waals surface area contributed by atoms with Crippen LogP contribution in [0, 0.1) is 0 Å². The topological polar surface area (TPSA) is 141 Å². The van der Waals surface area contributed by atoms with Gasteiger partial charge in [0.2, 0.25) is 0 Å². The first-order valence-corrected chi connectivity index (χ1v) is 11.1.